The Morgan fingerprint density at radius 2 is 2.14 bits per heavy atom. The summed E-state index contributed by atoms with van der Waals surface area (Å²) >= 11 is 0. The summed E-state index contributed by atoms with van der Waals surface area (Å²) in [5, 5.41) is 13.8. The Bertz CT molecular complexity index is 448. The maximum absolute atomic E-state index is 11.4. The summed E-state index contributed by atoms with van der Waals surface area (Å²) in [6, 6.07) is 1.01. The predicted molar refractivity (Wildman–Crippen MR) is 46.9 cm³/mol. The molecule has 0 aliphatic carbocycles. The minimum Gasteiger partial charge on any atom is -0.358 e. The van der Waals surface area contributed by atoms with E-state index in [9.17, 15) is 18.5 Å². The lowest BCUT2D eigenvalue weighted by atomic mass is 10.7. The molecular weight excluding hydrogens is 212 g/mol. The minimum absolute atomic E-state index is 0.368. The van der Waals surface area contributed by atoms with E-state index in [-0.39, 0.29) is 0 Å². The van der Waals surface area contributed by atoms with Gasteiger partial charge in [-0.2, -0.15) is 12.7 Å². The normalized spacial score (nSPS) is 11.9. The van der Waals surface area contributed by atoms with Crippen molar-refractivity contribution < 1.29 is 13.3 Å². The zero-order valence-electron chi connectivity index (χ0n) is 7.48. The molecule has 0 saturated carbocycles. The van der Waals surface area contributed by atoms with Crippen LogP contribution in [0.15, 0.2) is 12.3 Å². The van der Waals surface area contributed by atoms with Gasteiger partial charge in [-0.1, -0.05) is 5.10 Å². The van der Waals surface area contributed by atoms with Crippen molar-refractivity contribution >= 4 is 16.0 Å². The highest BCUT2D eigenvalue weighted by Gasteiger charge is 2.29. The fraction of sp³-hybridized carbons (Fsp3) is 0.400. The lowest BCUT2D eigenvalue weighted by Gasteiger charge is -2.06. The molecule has 0 aromatic carbocycles. The number of nitro groups is 1. The van der Waals surface area contributed by atoms with Crippen molar-refractivity contribution in [1.29, 1.82) is 0 Å². The highest BCUT2D eigenvalue weighted by atomic mass is 32.2. The third-order valence-corrected chi connectivity index (χ3v) is 3.10. The number of aromatic nitrogens is 2. The van der Waals surface area contributed by atoms with Crippen molar-refractivity contribution in [2.24, 2.45) is 0 Å². The molecule has 0 amide bonds. The first-order valence-electron chi connectivity index (χ1n) is 3.49. The van der Waals surface area contributed by atoms with Crippen LogP contribution in [0.1, 0.15) is 0 Å². The highest BCUT2D eigenvalue weighted by Crippen LogP contribution is 2.13. The van der Waals surface area contributed by atoms with Gasteiger partial charge in [-0.25, -0.2) is 0 Å². The van der Waals surface area contributed by atoms with Gasteiger partial charge in [-0.05, 0) is 9.01 Å². The van der Waals surface area contributed by atoms with Crippen molar-refractivity contribution in [2.75, 3.05) is 14.1 Å². The SMILES string of the molecule is CN(C)S(=O)(=O)n1nccc1[N+](=O)[O-]. The molecular formula is C5H8N4O4S. The van der Waals surface area contributed by atoms with E-state index in [1.807, 2.05) is 0 Å². The molecule has 0 unspecified atom stereocenters. The van der Waals surface area contributed by atoms with Gasteiger partial charge in [0.2, 0.25) is 0 Å². The molecule has 1 aromatic rings. The first-order chi connectivity index (χ1) is 6.37. The summed E-state index contributed by atoms with van der Waals surface area (Å²) in [4.78, 5) is 9.60. The fourth-order valence-electron chi connectivity index (χ4n) is 0.747. The summed E-state index contributed by atoms with van der Waals surface area (Å²) in [6.07, 6.45) is 1.05. The average Bonchev–Trinajstić information content (AvgIpc) is 2.51. The quantitative estimate of drug-likeness (QED) is 0.502. The van der Waals surface area contributed by atoms with E-state index < -0.39 is 21.0 Å². The molecule has 1 heterocycles. The van der Waals surface area contributed by atoms with Crippen molar-refractivity contribution in [3.8, 4) is 0 Å². The van der Waals surface area contributed by atoms with E-state index in [2.05, 4.69) is 5.10 Å². The Morgan fingerprint density at radius 1 is 1.57 bits per heavy atom. The van der Waals surface area contributed by atoms with E-state index in [1.54, 1.807) is 0 Å². The van der Waals surface area contributed by atoms with E-state index in [0.29, 0.717) is 4.09 Å². The van der Waals surface area contributed by atoms with Crippen LogP contribution in [0.5, 0.6) is 0 Å². The van der Waals surface area contributed by atoms with Crippen LogP contribution in [0.3, 0.4) is 0 Å². The second-order valence-corrected chi connectivity index (χ2v) is 4.55. The van der Waals surface area contributed by atoms with Gasteiger partial charge in [-0.15, -0.1) is 0 Å². The topological polar surface area (TPSA) is 98.3 Å². The second kappa shape index (κ2) is 3.35. The van der Waals surface area contributed by atoms with Gasteiger partial charge in [0.25, 0.3) is 0 Å². The van der Waals surface area contributed by atoms with Crippen LogP contribution >= 0.6 is 0 Å². The summed E-state index contributed by atoms with van der Waals surface area (Å²) < 4.78 is 24.1. The molecule has 1 rings (SSSR count). The number of nitrogens with zero attached hydrogens (tertiary/aromatic N) is 4. The molecule has 0 spiro atoms. The zero-order valence-corrected chi connectivity index (χ0v) is 8.30. The van der Waals surface area contributed by atoms with E-state index in [0.717, 1.165) is 16.6 Å². The third-order valence-electron chi connectivity index (χ3n) is 1.46. The van der Waals surface area contributed by atoms with Crippen LogP contribution in [0, 0.1) is 10.1 Å². The summed E-state index contributed by atoms with van der Waals surface area (Å²) in [7, 11) is -1.38. The second-order valence-electron chi connectivity index (χ2n) is 2.58. The predicted octanol–water partition coefficient (Wildman–Crippen LogP) is -0.554. The van der Waals surface area contributed by atoms with Gasteiger partial charge >= 0.3 is 16.0 Å². The van der Waals surface area contributed by atoms with Crippen molar-refractivity contribution in [3.05, 3.63) is 22.4 Å². The highest BCUT2D eigenvalue weighted by molar-refractivity contribution is 7.87. The van der Waals surface area contributed by atoms with Gasteiger partial charge in [-0.3, -0.25) is 0 Å². The van der Waals surface area contributed by atoms with Gasteiger partial charge < -0.3 is 10.1 Å². The van der Waals surface area contributed by atoms with Crippen LogP contribution in [0.25, 0.3) is 0 Å². The molecule has 0 atom stereocenters. The standard InChI is InChI=1S/C5H8N4O4S/c1-7(2)14(12,13)8-5(9(10)11)3-4-6-8/h3-4H,1-2H3. The molecule has 9 heteroatoms. The van der Waals surface area contributed by atoms with E-state index in [4.69, 9.17) is 0 Å². The summed E-state index contributed by atoms with van der Waals surface area (Å²) in [5.41, 5.74) is 0. The van der Waals surface area contributed by atoms with Crippen molar-refractivity contribution in [2.45, 2.75) is 0 Å². The first-order valence-corrected chi connectivity index (χ1v) is 4.88. The van der Waals surface area contributed by atoms with Crippen LogP contribution < -0.4 is 0 Å². The Balaban J connectivity index is 3.34. The molecule has 0 N–H and O–H groups in total. The molecule has 0 fully saturated rings. The molecule has 0 aliphatic rings. The molecule has 8 nitrogen and oxygen atoms in total. The fourth-order valence-corrected chi connectivity index (χ4v) is 1.59. The molecule has 0 aliphatic heterocycles. The maximum Gasteiger partial charge on any atom is 0.399 e. The summed E-state index contributed by atoms with van der Waals surface area (Å²) in [5.74, 6) is -0.585. The molecule has 0 saturated heterocycles. The minimum atomic E-state index is -3.91. The zero-order chi connectivity index (χ0) is 10.9. The first kappa shape index (κ1) is 10.6. The lowest BCUT2D eigenvalue weighted by Crippen LogP contribution is -2.30. The smallest absolute Gasteiger partial charge is 0.358 e. The number of rotatable bonds is 3. The average molecular weight is 220 g/mol. The Morgan fingerprint density at radius 3 is 2.57 bits per heavy atom. The van der Waals surface area contributed by atoms with Gasteiger partial charge in [0, 0.05) is 14.1 Å². The van der Waals surface area contributed by atoms with Crippen LogP contribution in [0.4, 0.5) is 5.82 Å². The van der Waals surface area contributed by atoms with Crippen LogP contribution in [-0.2, 0) is 10.2 Å². The maximum atomic E-state index is 11.4. The Labute approximate surface area is 80.1 Å². The Kier molecular flexibility index (Phi) is 2.53. The van der Waals surface area contributed by atoms with Gasteiger partial charge in [0.1, 0.15) is 0 Å². The van der Waals surface area contributed by atoms with Crippen LogP contribution in [-0.4, -0.2) is 40.9 Å². The molecule has 1 aromatic heterocycles. The number of hydrogen-bond donors (Lipinski definition) is 0. The molecule has 0 bridgehead atoms. The largest absolute Gasteiger partial charge is 0.399 e. The third kappa shape index (κ3) is 1.59. The number of hydrogen-bond acceptors (Lipinski definition) is 5. The molecule has 0 radical (unpaired) electrons. The summed E-state index contributed by atoms with van der Waals surface area (Å²) in [6.45, 7) is 0. The monoisotopic (exact) mass is 220 g/mol. The molecule has 78 valence electrons. The molecule has 14 heavy (non-hydrogen) atoms. The van der Waals surface area contributed by atoms with Crippen molar-refractivity contribution in [1.82, 2.24) is 13.5 Å². The van der Waals surface area contributed by atoms with Gasteiger partial charge in [0.15, 0.2) is 0 Å². The van der Waals surface area contributed by atoms with E-state index >= 15 is 0 Å². The van der Waals surface area contributed by atoms with Crippen molar-refractivity contribution in [3.63, 3.8) is 0 Å². The lowest BCUT2D eigenvalue weighted by molar-refractivity contribution is -0.390. The van der Waals surface area contributed by atoms with Gasteiger partial charge in [0.05, 0.1) is 12.3 Å². The van der Waals surface area contributed by atoms with Crippen LogP contribution in [0.2, 0.25) is 0 Å². The van der Waals surface area contributed by atoms with E-state index in [1.165, 1.54) is 14.1 Å². The Hall–Kier alpha value is -1.48.